The van der Waals surface area contributed by atoms with Crippen LogP contribution < -0.4 is 5.32 Å². The Labute approximate surface area is 164 Å². The molecule has 1 saturated heterocycles. The van der Waals surface area contributed by atoms with Crippen molar-refractivity contribution >= 4 is 17.7 Å². The molecule has 3 amide bonds. The average molecular weight is 376 g/mol. The molecule has 1 heterocycles. The van der Waals surface area contributed by atoms with E-state index in [9.17, 15) is 14.4 Å². The number of rotatable bonds is 5. The molecule has 1 aliphatic heterocycles. The highest BCUT2D eigenvalue weighted by atomic mass is 16.2. The Balaban J connectivity index is 1.51. The van der Waals surface area contributed by atoms with Crippen LogP contribution >= 0.6 is 0 Å². The third kappa shape index (κ3) is 3.44. The van der Waals surface area contributed by atoms with Crippen LogP contribution in [0.25, 0.3) is 0 Å². The zero-order valence-corrected chi connectivity index (χ0v) is 15.8. The van der Waals surface area contributed by atoms with Crippen molar-refractivity contribution in [2.45, 2.75) is 38.1 Å². The second-order valence-electron chi connectivity index (χ2n) is 7.77. The lowest BCUT2D eigenvalue weighted by molar-refractivity contribution is -0.144. The fourth-order valence-corrected chi connectivity index (χ4v) is 4.46. The van der Waals surface area contributed by atoms with Gasteiger partial charge in [0.2, 0.25) is 17.7 Å². The van der Waals surface area contributed by atoms with Crippen LogP contribution in [0.1, 0.15) is 49.3 Å². The quantitative estimate of drug-likeness (QED) is 0.815. The van der Waals surface area contributed by atoms with Gasteiger partial charge in [-0.3, -0.25) is 19.3 Å². The van der Waals surface area contributed by atoms with E-state index in [0.29, 0.717) is 0 Å². The Kier molecular flexibility index (Phi) is 4.99. The molecule has 144 valence electrons. The number of amides is 3. The number of benzene rings is 2. The molecule has 0 atom stereocenters. The standard InChI is InChI=1S/C23H24N2O3/c26-19(16-25-20(27)15-23(22(25)28)13-7-8-14-23)24-21(17-9-3-1-4-10-17)18-11-5-2-6-12-18/h1-6,9-12,21H,7-8,13-16H2,(H,24,26). The molecule has 0 aromatic heterocycles. The number of nitrogens with zero attached hydrogens (tertiary/aromatic N) is 1. The number of likely N-dealkylation sites (tertiary alicyclic amines) is 1. The van der Waals surface area contributed by atoms with Crippen LogP contribution in [-0.4, -0.2) is 29.2 Å². The minimum atomic E-state index is -0.546. The van der Waals surface area contributed by atoms with Crippen molar-refractivity contribution < 1.29 is 14.4 Å². The molecule has 0 radical (unpaired) electrons. The summed E-state index contributed by atoms with van der Waals surface area (Å²) in [5.41, 5.74) is 1.36. The number of carbonyl (C=O) groups is 3. The van der Waals surface area contributed by atoms with E-state index >= 15 is 0 Å². The highest BCUT2D eigenvalue weighted by Crippen LogP contribution is 2.46. The zero-order valence-electron chi connectivity index (χ0n) is 15.8. The SMILES string of the molecule is O=C(CN1C(=O)CC2(CCCC2)C1=O)NC(c1ccccc1)c1ccccc1. The average Bonchev–Trinajstić information content (AvgIpc) is 3.28. The number of nitrogens with one attached hydrogen (secondary N) is 1. The van der Waals surface area contributed by atoms with Gasteiger partial charge in [0, 0.05) is 6.42 Å². The molecule has 1 N–H and O–H groups in total. The lowest BCUT2D eigenvalue weighted by Gasteiger charge is -2.23. The van der Waals surface area contributed by atoms with Gasteiger partial charge in [-0.15, -0.1) is 0 Å². The Morgan fingerprint density at radius 3 is 2.00 bits per heavy atom. The summed E-state index contributed by atoms with van der Waals surface area (Å²) in [5, 5.41) is 3.01. The predicted molar refractivity (Wildman–Crippen MR) is 105 cm³/mol. The van der Waals surface area contributed by atoms with Gasteiger partial charge in [-0.05, 0) is 24.0 Å². The first-order valence-electron chi connectivity index (χ1n) is 9.83. The summed E-state index contributed by atoms with van der Waals surface area (Å²) >= 11 is 0. The van der Waals surface area contributed by atoms with Crippen LogP contribution in [0.4, 0.5) is 0 Å². The molecule has 5 nitrogen and oxygen atoms in total. The molecule has 5 heteroatoms. The fraction of sp³-hybridized carbons (Fsp3) is 0.348. The third-order valence-electron chi connectivity index (χ3n) is 5.92. The van der Waals surface area contributed by atoms with Crippen molar-refractivity contribution in [1.82, 2.24) is 10.2 Å². The molecule has 28 heavy (non-hydrogen) atoms. The van der Waals surface area contributed by atoms with Gasteiger partial charge in [0.1, 0.15) is 6.54 Å². The van der Waals surface area contributed by atoms with E-state index in [2.05, 4.69) is 5.32 Å². The van der Waals surface area contributed by atoms with Gasteiger partial charge >= 0.3 is 0 Å². The second-order valence-corrected chi connectivity index (χ2v) is 7.77. The van der Waals surface area contributed by atoms with E-state index in [1.807, 2.05) is 60.7 Å². The first-order chi connectivity index (χ1) is 13.6. The Bertz CT molecular complexity index is 834. The summed E-state index contributed by atoms with van der Waals surface area (Å²) in [5.74, 6) is -0.714. The summed E-state index contributed by atoms with van der Waals surface area (Å²) in [6.45, 7) is -0.213. The molecule has 1 aliphatic carbocycles. The van der Waals surface area contributed by atoms with E-state index in [-0.39, 0.29) is 36.7 Å². The van der Waals surface area contributed by atoms with Crippen LogP contribution in [0, 0.1) is 5.41 Å². The second kappa shape index (κ2) is 7.58. The highest BCUT2D eigenvalue weighted by molar-refractivity contribution is 6.08. The summed E-state index contributed by atoms with van der Waals surface area (Å²) in [7, 11) is 0. The summed E-state index contributed by atoms with van der Waals surface area (Å²) in [4.78, 5) is 39.2. The molecular formula is C23H24N2O3. The third-order valence-corrected chi connectivity index (χ3v) is 5.92. The van der Waals surface area contributed by atoms with Crippen molar-refractivity contribution in [2.24, 2.45) is 5.41 Å². The van der Waals surface area contributed by atoms with Crippen molar-refractivity contribution in [3.05, 3.63) is 71.8 Å². The maximum Gasteiger partial charge on any atom is 0.240 e. The van der Waals surface area contributed by atoms with Crippen molar-refractivity contribution in [1.29, 1.82) is 0 Å². The van der Waals surface area contributed by atoms with Crippen molar-refractivity contribution in [3.8, 4) is 0 Å². The van der Waals surface area contributed by atoms with Crippen LogP contribution in [0.2, 0.25) is 0 Å². The molecular weight excluding hydrogens is 352 g/mol. The molecule has 1 saturated carbocycles. The van der Waals surface area contributed by atoms with Gasteiger partial charge in [-0.25, -0.2) is 0 Å². The molecule has 2 aromatic rings. The number of hydrogen-bond donors (Lipinski definition) is 1. The first-order valence-corrected chi connectivity index (χ1v) is 9.83. The maximum atomic E-state index is 12.8. The topological polar surface area (TPSA) is 66.5 Å². The summed E-state index contributed by atoms with van der Waals surface area (Å²) in [6.07, 6.45) is 3.71. The Hall–Kier alpha value is -2.95. The molecule has 2 aliphatic rings. The summed E-state index contributed by atoms with van der Waals surface area (Å²) < 4.78 is 0. The van der Waals surface area contributed by atoms with E-state index in [4.69, 9.17) is 0 Å². The summed E-state index contributed by atoms with van der Waals surface area (Å²) in [6, 6.07) is 19.0. The van der Waals surface area contributed by atoms with E-state index in [0.717, 1.165) is 41.7 Å². The zero-order chi connectivity index (χ0) is 19.6. The molecule has 0 unspecified atom stereocenters. The minimum absolute atomic E-state index is 0.166. The Morgan fingerprint density at radius 1 is 0.929 bits per heavy atom. The molecule has 1 spiro atoms. The van der Waals surface area contributed by atoms with E-state index in [1.54, 1.807) is 0 Å². The van der Waals surface area contributed by atoms with Crippen LogP contribution in [0.15, 0.2) is 60.7 Å². The van der Waals surface area contributed by atoms with Crippen molar-refractivity contribution in [3.63, 3.8) is 0 Å². The molecule has 0 bridgehead atoms. The minimum Gasteiger partial charge on any atom is -0.344 e. The number of hydrogen-bond acceptors (Lipinski definition) is 3. The lowest BCUT2D eigenvalue weighted by Crippen LogP contribution is -2.43. The van der Waals surface area contributed by atoms with Gasteiger partial charge in [-0.2, -0.15) is 0 Å². The molecule has 2 aromatic carbocycles. The maximum absolute atomic E-state index is 12.8. The smallest absolute Gasteiger partial charge is 0.240 e. The Morgan fingerprint density at radius 2 is 1.46 bits per heavy atom. The van der Waals surface area contributed by atoms with Crippen LogP contribution in [-0.2, 0) is 14.4 Å². The number of imide groups is 1. The monoisotopic (exact) mass is 376 g/mol. The van der Waals surface area contributed by atoms with Gasteiger partial charge in [0.25, 0.3) is 0 Å². The molecule has 4 rings (SSSR count). The normalized spacial score (nSPS) is 18.2. The number of carbonyl (C=O) groups excluding carboxylic acids is 3. The fourth-order valence-electron chi connectivity index (χ4n) is 4.46. The van der Waals surface area contributed by atoms with Crippen molar-refractivity contribution in [2.75, 3.05) is 6.54 Å². The van der Waals surface area contributed by atoms with E-state index in [1.165, 1.54) is 0 Å². The first kappa shape index (κ1) is 18.4. The largest absolute Gasteiger partial charge is 0.344 e. The van der Waals surface area contributed by atoms with Gasteiger partial charge < -0.3 is 5.32 Å². The highest BCUT2D eigenvalue weighted by Gasteiger charge is 2.52. The van der Waals surface area contributed by atoms with Crippen LogP contribution in [0.5, 0.6) is 0 Å². The molecule has 2 fully saturated rings. The van der Waals surface area contributed by atoms with Crippen LogP contribution in [0.3, 0.4) is 0 Å². The van der Waals surface area contributed by atoms with Gasteiger partial charge in [0.15, 0.2) is 0 Å². The van der Waals surface area contributed by atoms with E-state index < -0.39 is 5.41 Å². The van der Waals surface area contributed by atoms with Gasteiger partial charge in [-0.1, -0.05) is 73.5 Å². The predicted octanol–water partition coefficient (Wildman–Crippen LogP) is 3.21. The lowest BCUT2D eigenvalue weighted by atomic mass is 9.84. The van der Waals surface area contributed by atoms with Gasteiger partial charge in [0.05, 0.1) is 11.5 Å².